The summed E-state index contributed by atoms with van der Waals surface area (Å²) in [5.41, 5.74) is 6.29. The van der Waals surface area contributed by atoms with Crippen molar-refractivity contribution in [2.24, 2.45) is 0 Å². The van der Waals surface area contributed by atoms with Gasteiger partial charge in [-0.05, 0) is 51.1 Å². The lowest BCUT2D eigenvalue weighted by Crippen LogP contribution is -2.25. The molecule has 0 saturated heterocycles. The maximum absolute atomic E-state index is 12.9. The van der Waals surface area contributed by atoms with Crippen molar-refractivity contribution in [3.05, 3.63) is 24.0 Å². The molecular formula is C15H24FN3O2. The van der Waals surface area contributed by atoms with Crippen molar-refractivity contribution >= 4 is 17.3 Å². The number of unbranched alkanes of at least 4 members (excludes halogenated alkanes) is 2. The topological polar surface area (TPSA) is 78.6 Å². The number of hydrogen-bond acceptors (Lipinski definition) is 4. The van der Waals surface area contributed by atoms with Crippen LogP contribution >= 0.6 is 0 Å². The molecule has 1 aromatic rings. The zero-order valence-corrected chi connectivity index (χ0v) is 12.4. The van der Waals surface area contributed by atoms with Crippen molar-refractivity contribution < 1.29 is 14.3 Å². The number of carbonyl (C=O) groups excluding carboxylic acids is 1. The predicted octanol–water partition coefficient (Wildman–Crippen LogP) is 1.83. The quantitative estimate of drug-likeness (QED) is 0.480. The third kappa shape index (κ3) is 7.06. The fourth-order valence-corrected chi connectivity index (χ4v) is 1.93. The van der Waals surface area contributed by atoms with Gasteiger partial charge < -0.3 is 21.1 Å². The van der Waals surface area contributed by atoms with Crippen molar-refractivity contribution in [3.63, 3.8) is 0 Å². The number of aliphatic hydroxyl groups excluding tert-OH is 1. The predicted molar refractivity (Wildman–Crippen MR) is 82.5 cm³/mol. The maximum atomic E-state index is 12.9. The van der Waals surface area contributed by atoms with Crippen LogP contribution in [0.3, 0.4) is 0 Å². The summed E-state index contributed by atoms with van der Waals surface area (Å²) in [4.78, 5) is 13.9. The van der Waals surface area contributed by atoms with Gasteiger partial charge in [-0.25, -0.2) is 4.39 Å². The summed E-state index contributed by atoms with van der Waals surface area (Å²) >= 11 is 0. The van der Waals surface area contributed by atoms with Crippen LogP contribution in [-0.2, 0) is 4.79 Å². The van der Waals surface area contributed by atoms with Gasteiger partial charge in [0.15, 0.2) is 0 Å². The molecule has 1 amide bonds. The van der Waals surface area contributed by atoms with E-state index in [1.54, 1.807) is 0 Å². The van der Waals surface area contributed by atoms with E-state index in [4.69, 9.17) is 10.8 Å². The number of nitrogens with one attached hydrogen (secondary N) is 1. The fraction of sp³-hybridized carbons (Fsp3) is 0.533. The average molecular weight is 297 g/mol. The van der Waals surface area contributed by atoms with E-state index in [1.165, 1.54) is 18.2 Å². The van der Waals surface area contributed by atoms with Gasteiger partial charge in [-0.15, -0.1) is 0 Å². The van der Waals surface area contributed by atoms with Crippen molar-refractivity contribution in [2.45, 2.75) is 25.7 Å². The van der Waals surface area contributed by atoms with Crippen LogP contribution in [0.25, 0.3) is 0 Å². The minimum atomic E-state index is -0.423. The summed E-state index contributed by atoms with van der Waals surface area (Å²) in [6.45, 7) is 1.77. The zero-order valence-electron chi connectivity index (χ0n) is 12.4. The largest absolute Gasteiger partial charge is 0.397 e. The first-order chi connectivity index (χ1) is 10.0. The molecule has 1 rings (SSSR count). The van der Waals surface area contributed by atoms with Gasteiger partial charge in [-0.3, -0.25) is 4.79 Å². The smallest absolute Gasteiger partial charge is 0.225 e. The van der Waals surface area contributed by atoms with Gasteiger partial charge >= 0.3 is 0 Å². The molecule has 0 aliphatic carbocycles. The fourth-order valence-electron chi connectivity index (χ4n) is 1.93. The van der Waals surface area contributed by atoms with Crippen LogP contribution in [0.4, 0.5) is 15.8 Å². The number of aliphatic hydroxyl groups is 1. The monoisotopic (exact) mass is 297 g/mol. The molecule has 0 aliphatic rings. The third-order valence-corrected chi connectivity index (χ3v) is 3.21. The van der Waals surface area contributed by atoms with Gasteiger partial charge in [0.2, 0.25) is 5.91 Å². The molecule has 4 N–H and O–H groups in total. The molecule has 0 saturated carbocycles. The maximum Gasteiger partial charge on any atom is 0.225 e. The van der Waals surface area contributed by atoms with Crippen LogP contribution in [0.5, 0.6) is 0 Å². The van der Waals surface area contributed by atoms with Gasteiger partial charge in [0.25, 0.3) is 0 Å². The molecule has 6 heteroatoms. The van der Waals surface area contributed by atoms with Gasteiger partial charge in [-0.2, -0.15) is 0 Å². The molecule has 0 radical (unpaired) electrons. The van der Waals surface area contributed by atoms with E-state index in [0.717, 1.165) is 25.8 Å². The first kappa shape index (κ1) is 17.4. The minimum Gasteiger partial charge on any atom is -0.397 e. The molecule has 1 aromatic carbocycles. The molecule has 0 fully saturated rings. The molecule has 5 nitrogen and oxygen atoms in total. The Hall–Kier alpha value is -1.66. The Morgan fingerprint density at radius 1 is 1.33 bits per heavy atom. The Bertz CT molecular complexity index is 455. The molecule has 0 atom stereocenters. The van der Waals surface area contributed by atoms with Crippen molar-refractivity contribution in [1.82, 2.24) is 4.90 Å². The Morgan fingerprint density at radius 3 is 2.76 bits per heavy atom. The zero-order chi connectivity index (χ0) is 15.7. The first-order valence-corrected chi connectivity index (χ1v) is 7.17. The lowest BCUT2D eigenvalue weighted by atomic mass is 10.2. The Labute approximate surface area is 124 Å². The summed E-state index contributed by atoms with van der Waals surface area (Å²) < 4.78 is 12.9. The van der Waals surface area contributed by atoms with E-state index < -0.39 is 5.82 Å². The molecule has 0 unspecified atom stereocenters. The molecule has 118 valence electrons. The third-order valence-electron chi connectivity index (χ3n) is 3.21. The number of nitrogens with two attached hydrogens (primary N) is 1. The molecule has 0 aliphatic heterocycles. The summed E-state index contributed by atoms with van der Waals surface area (Å²) in [5.74, 6) is -0.566. The van der Waals surface area contributed by atoms with Crippen LogP contribution in [0.2, 0.25) is 0 Å². The van der Waals surface area contributed by atoms with Crippen LogP contribution < -0.4 is 11.1 Å². The van der Waals surface area contributed by atoms with E-state index in [0.29, 0.717) is 18.7 Å². The van der Waals surface area contributed by atoms with Crippen molar-refractivity contribution in [2.75, 3.05) is 37.8 Å². The van der Waals surface area contributed by atoms with Crippen LogP contribution in [-0.4, -0.2) is 42.7 Å². The summed E-state index contributed by atoms with van der Waals surface area (Å²) in [6.07, 6.45) is 3.16. The number of nitrogen functional groups attached to an aromatic ring is 1. The molecule has 0 spiro atoms. The second kappa shape index (κ2) is 9.31. The standard InChI is InChI=1S/C15H24FN3O2/c1-19(8-3-2-4-10-20)9-7-15(21)18-14-6-5-12(16)11-13(14)17/h5-6,11,20H,2-4,7-10,17H2,1H3,(H,18,21). The highest BCUT2D eigenvalue weighted by atomic mass is 19.1. The van der Waals surface area contributed by atoms with Crippen molar-refractivity contribution in [1.29, 1.82) is 0 Å². The van der Waals surface area contributed by atoms with E-state index in [1.807, 2.05) is 7.05 Å². The summed E-state index contributed by atoms with van der Waals surface area (Å²) in [5, 5.41) is 11.4. The number of rotatable bonds is 9. The molecule has 0 bridgehead atoms. The minimum absolute atomic E-state index is 0.143. The van der Waals surface area contributed by atoms with Crippen LogP contribution in [0.15, 0.2) is 18.2 Å². The van der Waals surface area contributed by atoms with Gasteiger partial charge in [0, 0.05) is 19.6 Å². The van der Waals surface area contributed by atoms with Gasteiger partial charge in [0.05, 0.1) is 11.4 Å². The molecular weight excluding hydrogens is 273 g/mol. The van der Waals surface area contributed by atoms with Gasteiger partial charge in [-0.1, -0.05) is 0 Å². The molecule has 0 heterocycles. The lowest BCUT2D eigenvalue weighted by molar-refractivity contribution is -0.116. The number of amides is 1. The van der Waals surface area contributed by atoms with E-state index in [9.17, 15) is 9.18 Å². The average Bonchev–Trinajstić information content (AvgIpc) is 2.44. The number of carbonyl (C=O) groups is 1. The number of halogens is 1. The lowest BCUT2D eigenvalue weighted by Gasteiger charge is -2.16. The normalized spacial score (nSPS) is 10.9. The van der Waals surface area contributed by atoms with E-state index in [2.05, 4.69) is 10.2 Å². The summed E-state index contributed by atoms with van der Waals surface area (Å²) in [6, 6.07) is 3.91. The second-order valence-electron chi connectivity index (χ2n) is 5.12. The number of anilines is 2. The molecule has 21 heavy (non-hydrogen) atoms. The number of nitrogens with zero attached hydrogens (tertiary/aromatic N) is 1. The second-order valence-corrected chi connectivity index (χ2v) is 5.12. The van der Waals surface area contributed by atoms with Gasteiger partial charge in [0.1, 0.15) is 5.82 Å². The van der Waals surface area contributed by atoms with Crippen LogP contribution in [0.1, 0.15) is 25.7 Å². The number of hydrogen-bond donors (Lipinski definition) is 3. The van der Waals surface area contributed by atoms with E-state index >= 15 is 0 Å². The van der Waals surface area contributed by atoms with E-state index in [-0.39, 0.29) is 18.2 Å². The first-order valence-electron chi connectivity index (χ1n) is 7.17. The highest BCUT2D eigenvalue weighted by Crippen LogP contribution is 2.19. The Morgan fingerprint density at radius 2 is 2.10 bits per heavy atom. The highest BCUT2D eigenvalue weighted by molar-refractivity contribution is 5.93. The van der Waals surface area contributed by atoms with Crippen LogP contribution in [0, 0.1) is 5.82 Å². The van der Waals surface area contributed by atoms with Crippen molar-refractivity contribution in [3.8, 4) is 0 Å². The molecule has 0 aromatic heterocycles. The summed E-state index contributed by atoms with van der Waals surface area (Å²) in [7, 11) is 1.96. The highest BCUT2D eigenvalue weighted by Gasteiger charge is 2.07. The number of benzene rings is 1. The Balaban J connectivity index is 2.27. The SMILES string of the molecule is CN(CCCCCO)CCC(=O)Nc1ccc(F)cc1N. The Kier molecular flexibility index (Phi) is 7.71.